The number of benzene rings is 1. The molecule has 0 spiro atoms. The number of hydrogen-bond donors (Lipinski definition) is 1. The lowest BCUT2D eigenvalue weighted by atomic mass is 10.2. The van der Waals surface area contributed by atoms with Crippen LogP contribution in [-0.2, 0) is 19.1 Å². The third-order valence-corrected chi connectivity index (χ3v) is 3.97. The number of nitriles is 1. The number of anilines is 1. The van der Waals surface area contributed by atoms with E-state index in [-0.39, 0.29) is 43.1 Å². The van der Waals surface area contributed by atoms with E-state index in [2.05, 4.69) is 5.32 Å². The fraction of sp³-hybridized carbons (Fsp3) is 0.353. The van der Waals surface area contributed by atoms with Gasteiger partial charge >= 0.3 is 12.0 Å². The molecule has 1 aromatic rings. The molecule has 0 bridgehead atoms. The molecule has 0 aliphatic carbocycles. The molecule has 9 nitrogen and oxygen atoms in total. The van der Waals surface area contributed by atoms with E-state index in [1.807, 2.05) is 6.07 Å². The normalized spacial score (nSPS) is 13.5. The molecule has 0 saturated carbocycles. The summed E-state index contributed by atoms with van der Waals surface area (Å²) in [6.45, 7) is -0.393. The van der Waals surface area contributed by atoms with Gasteiger partial charge in [0, 0.05) is 25.0 Å². The highest BCUT2D eigenvalue weighted by molar-refractivity contribution is 6.31. The van der Waals surface area contributed by atoms with Gasteiger partial charge in [-0.15, -0.1) is 0 Å². The Kier molecular flexibility index (Phi) is 6.73. The number of amides is 4. The fourth-order valence-corrected chi connectivity index (χ4v) is 2.56. The summed E-state index contributed by atoms with van der Waals surface area (Å²) in [6.07, 6.45) is 0.188. The van der Waals surface area contributed by atoms with Crippen LogP contribution >= 0.6 is 11.6 Å². The van der Waals surface area contributed by atoms with Crippen molar-refractivity contribution in [1.82, 2.24) is 9.80 Å². The van der Waals surface area contributed by atoms with E-state index in [9.17, 15) is 19.2 Å². The molecule has 1 heterocycles. The Morgan fingerprint density at radius 2 is 2.11 bits per heavy atom. The van der Waals surface area contributed by atoms with Gasteiger partial charge in [-0.25, -0.2) is 4.79 Å². The molecule has 0 atom stereocenters. The van der Waals surface area contributed by atoms with Crippen LogP contribution in [-0.4, -0.2) is 60.4 Å². The first kappa shape index (κ1) is 20.2. The topological polar surface area (TPSA) is 120 Å². The molecule has 0 radical (unpaired) electrons. The molecule has 142 valence electrons. The van der Waals surface area contributed by atoms with Crippen LogP contribution in [0.4, 0.5) is 10.5 Å². The van der Waals surface area contributed by atoms with Gasteiger partial charge in [0.05, 0.1) is 11.3 Å². The third-order valence-electron chi connectivity index (χ3n) is 3.73. The predicted octanol–water partition coefficient (Wildman–Crippen LogP) is 1.37. The largest absolute Gasteiger partial charge is 0.456 e. The summed E-state index contributed by atoms with van der Waals surface area (Å²) in [7, 11) is 1.52. The van der Waals surface area contributed by atoms with Crippen molar-refractivity contribution in [1.29, 1.82) is 5.26 Å². The van der Waals surface area contributed by atoms with E-state index in [1.54, 1.807) is 0 Å². The highest BCUT2D eigenvalue weighted by Crippen LogP contribution is 2.20. The second-order valence-corrected chi connectivity index (χ2v) is 6.23. The van der Waals surface area contributed by atoms with E-state index in [1.165, 1.54) is 30.1 Å². The Balaban J connectivity index is 1.73. The number of likely N-dealkylation sites (N-methyl/N-ethyl adjacent to an activating group) is 1. The maximum absolute atomic E-state index is 11.9. The zero-order chi connectivity index (χ0) is 20.0. The molecule has 1 saturated heterocycles. The minimum absolute atomic E-state index is 0.0254. The Bertz CT molecular complexity index is 820. The minimum atomic E-state index is -0.635. The lowest BCUT2D eigenvalue weighted by Crippen LogP contribution is -2.32. The Morgan fingerprint density at radius 1 is 1.37 bits per heavy atom. The molecule has 1 fully saturated rings. The maximum Gasteiger partial charge on any atom is 0.326 e. The van der Waals surface area contributed by atoms with E-state index in [0.29, 0.717) is 5.02 Å². The summed E-state index contributed by atoms with van der Waals surface area (Å²) in [4.78, 5) is 49.2. The van der Waals surface area contributed by atoms with Crippen LogP contribution in [0.15, 0.2) is 18.2 Å². The van der Waals surface area contributed by atoms with Crippen molar-refractivity contribution in [3.8, 4) is 6.07 Å². The van der Waals surface area contributed by atoms with E-state index in [0.717, 1.165) is 4.90 Å². The molecular formula is C17H17ClN4O5. The maximum atomic E-state index is 11.9. The molecule has 27 heavy (non-hydrogen) atoms. The monoisotopic (exact) mass is 392 g/mol. The fourth-order valence-electron chi connectivity index (χ4n) is 2.39. The van der Waals surface area contributed by atoms with Crippen LogP contribution in [0.25, 0.3) is 0 Å². The Labute approximate surface area is 160 Å². The predicted molar refractivity (Wildman–Crippen MR) is 94.7 cm³/mol. The Morgan fingerprint density at radius 3 is 2.74 bits per heavy atom. The van der Waals surface area contributed by atoms with Gasteiger partial charge < -0.3 is 15.0 Å². The van der Waals surface area contributed by atoms with Gasteiger partial charge in [0.15, 0.2) is 6.61 Å². The Hall–Kier alpha value is -3.12. The summed E-state index contributed by atoms with van der Waals surface area (Å²) < 4.78 is 4.85. The van der Waals surface area contributed by atoms with Crippen molar-refractivity contribution in [2.45, 2.75) is 12.8 Å². The molecule has 0 unspecified atom stereocenters. The first-order valence-electron chi connectivity index (χ1n) is 8.02. The quantitative estimate of drug-likeness (QED) is 0.552. The number of carbonyl (C=O) groups is 4. The van der Waals surface area contributed by atoms with Crippen LogP contribution in [0.1, 0.15) is 18.4 Å². The van der Waals surface area contributed by atoms with Crippen LogP contribution in [0, 0.1) is 11.3 Å². The third kappa shape index (κ3) is 5.43. The van der Waals surface area contributed by atoms with Crippen LogP contribution in [0.2, 0.25) is 5.02 Å². The second kappa shape index (κ2) is 9.00. The van der Waals surface area contributed by atoms with E-state index < -0.39 is 24.5 Å². The SMILES string of the molecule is CN1CC(=O)N(CCCC(=O)OCC(=O)Nc2cc(Cl)ccc2C#N)C1=O. The van der Waals surface area contributed by atoms with Crippen LogP contribution in [0.3, 0.4) is 0 Å². The van der Waals surface area contributed by atoms with Crippen LogP contribution < -0.4 is 5.32 Å². The van der Waals surface area contributed by atoms with Crippen molar-refractivity contribution < 1.29 is 23.9 Å². The molecule has 1 aliphatic heterocycles. The summed E-state index contributed by atoms with van der Waals surface area (Å²) in [5, 5.41) is 11.8. The second-order valence-electron chi connectivity index (χ2n) is 5.80. The van der Waals surface area contributed by atoms with Gasteiger partial charge in [0.25, 0.3) is 5.91 Å². The molecule has 0 aromatic heterocycles. The number of rotatable bonds is 7. The zero-order valence-electron chi connectivity index (χ0n) is 14.5. The average Bonchev–Trinajstić information content (AvgIpc) is 2.86. The summed E-state index contributed by atoms with van der Waals surface area (Å²) in [6, 6.07) is 5.91. The standard InChI is InChI=1S/C17H17ClN4O5/c1-21-9-15(24)22(17(21)26)6-2-3-16(25)27-10-14(23)20-13-7-12(18)5-4-11(13)8-19/h4-5,7H,2-3,6,9-10H2,1H3,(H,20,23). The van der Waals surface area contributed by atoms with Gasteiger partial charge in [0.2, 0.25) is 5.91 Å². The summed E-state index contributed by atoms with van der Waals surface area (Å²) in [5.74, 6) is -1.57. The number of ether oxygens (including phenoxy) is 1. The highest BCUT2D eigenvalue weighted by atomic mass is 35.5. The molecule has 1 N–H and O–H groups in total. The molecule has 4 amide bonds. The lowest BCUT2D eigenvalue weighted by molar-refractivity contribution is -0.147. The van der Waals surface area contributed by atoms with Gasteiger partial charge in [0.1, 0.15) is 12.6 Å². The van der Waals surface area contributed by atoms with Gasteiger partial charge in [-0.05, 0) is 24.6 Å². The first-order valence-corrected chi connectivity index (χ1v) is 8.40. The minimum Gasteiger partial charge on any atom is -0.456 e. The van der Waals surface area contributed by atoms with Crippen molar-refractivity contribution in [3.63, 3.8) is 0 Å². The highest BCUT2D eigenvalue weighted by Gasteiger charge is 2.32. The number of hydrogen-bond acceptors (Lipinski definition) is 6. The summed E-state index contributed by atoms with van der Waals surface area (Å²) >= 11 is 5.82. The van der Waals surface area contributed by atoms with Gasteiger partial charge in [-0.3, -0.25) is 19.3 Å². The van der Waals surface area contributed by atoms with Gasteiger partial charge in [-0.1, -0.05) is 11.6 Å². The van der Waals surface area contributed by atoms with Crippen LogP contribution in [0.5, 0.6) is 0 Å². The molecule has 10 heteroatoms. The molecule has 1 aromatic carbocycles. The number of nitrogens with zero attached hydrogens (tertiary/aromatic N) is 3. The van der Waals surface area contributed by atoms with E-state index in [4.69, 9.17) is 21.6 Å². The first-order chi connectivity index (χ1) is 12.8. The van der Waals surface area contributed by atoms with Crippen molar-refractivity contribution >= 4 is 41.1 Å². The molecule has 2 rings (SSSR count). The van der Waals surface area contributed by atoms with Gasteiger partial charge in [-0.2, -0.15) is 5.26 Å². The van der Waals surface area contributed by atoms with Crippen molar-refractivity contribution in [3.05, 3.63) is 28.8 Å². The number of imide groups is 1. The lowest BCUT2D eigenvalue weighted by Gasteiger charge is -2.13. The van der Waals surface area contributed by atoms with Crippen molar-refractivity contribution in [2.24, 2.45) is 0 Å². The number of halogens is 1. The van der Waals surface area contributed by atoms with E-state index >= 15 is 0 Å². The smallest absolute Gasteiger partial charge is 0.326 e. The molecule has 1 aliphatic rings. The number of esters is 1. The zero-order valence-corrected chi connectivity index (χ0v) is 15.3. The number of urea groups is 1. The molecular weight excluding hydrogens is 376 g/mol. The average molecular weight is 393 g/mol. The summed E-state index contributed by atoms with van der Waals surface area (Å²) in [5.41, 5.74) is 0.449. The van der Waals surface area contributed by atoms with Crippen molar-refractivity contribution in [2.75, 3.05) is 32.1 Å². The number of carbonyl (C=O) groups excluding carboxylic acids is 4. The number of nitrogens with one attached hydrogen (secondary N) is 1.